The van der Waals surface area contributed by atoms with E-state index in [4.69, 9.17) is 16.7 Å². The quantitative estimate of drug-likeness (QED) is 0.586. The molecule has 0 amide bonds. The second-order valence-corrected chi connectivity index (χ2v) is 3.52. The van der Waals surface area contributed by atoms with Gasteiger partial charge in [-0.05, 0) is 17.7 Å². The van der Waals surface area contributed by atoms with Gasteiger partial charge in [-0.2, -0.15) is 4.68 Å². The number of hydrogen-bond donors (Lipinski definition) is 3. The van der Waals surface area contributed by atoms with E-state index < -0.39 is 5.56 Å². The molecule has 0 saturated carbocycles. The van der Waals surface area contributed by atoms with Crippen LogP contribution in [0.15, 0.2) is 29.1 Å². The molecule has 88 valence electrons. The van der Waals surface area contributed by atoms with Gasteiger partial charge in [-0.1, -0.05) is 12.1 Å². The van der Waals surface area contributed by atoms with Crippen molar-refractivity contribution in [2.45, 2.75) is 6.42 Å². The lowest BCUT2D eigenvalue weighted by Gasteiger charge is -2.04. The van der Waals surface area contributed by atoms with Crippen LogP contribution in [0.25, 0.3) is 0 Å². The van der Waals surface area contributed by atoms with Crippen LogP contribution in [0.3, 0.4) is 0 Å². The predicted molar refractivity (Wildman–Crippen MR) is 61.8 cm³/mol. The number of benzene rings is 1. The molecular formula is C10H11N5O2. The number of anilines is 1. The molecule has 0 fully saturated rings. The molecule has 0 aliphatic carbocycles. The zero-order chi connectivity index (χ0) is 12.4. The molecule has 1 aromatic heterocycles. The Bertz CT molecular complexity index is 591. The Morgan fingerprint density at radius 2 is 1.88 bits per heavy atom. The minimum atomic E-state index is -0.481. The van der Waals surface area contributed by atoms with E-state index in [2.05, 4.69) is 10.2 Å². The number of phenolic OH excluding ortho intramolecular Hbond substituents is 1. The summed E-state index contributed by atoms with van der Waals surface area (Å²) in [7, 11) is 0. The highest BCUT2D eigenvalue weighted by Gasteiger charge is 2.08. The van der Waals surface area contributed by atoms with Crippen molar-refractivity contribution < 1.29 is 5.11 Å². The summed E-state index contributed by atoms with van der Waals surface area (Å²) in [5.74, 6) is 5.42. The first-order chi connectivity index (χ1) is 8.08. The van der Waals surface area contributed by atoms with E-state index in [1.165, 1.54) is 12.1 Å². The van der Waals surface area contributed by atoms with Crippen LogP contribution in [0.5, 0.6) is 5.75 Å². The smallest absolute Gasteiger partial charge is 0.295 e. The number of nitrogens with zero attached hydrogens (tertiary/aromatic N) is 3. The van der Waals surface area contributed by atoms with Crippen molar-refractivity contribution in [3.8, 4) is 5.75 Å². The summed E-state index contributed by atoms with van der Waals surface area (Å²) in [6.45, 7) is 0. The number of nitrogen functional groups attached to an aromatic ring is 2. The van der Waals surface area contributed by atoms with Crippen LogP contribution in [0.4, 0.5) is 5.95 Å². The molecule has 5 N–H and O–H groups in total. The molecule has 0 radical (unpaired) electrons. The monoisotopic (exact) mass is 233 g/mol. The van der Waals surface area contributed by atoms with E-state index in [1.54, 1.807) is 12.1 Å². The summed E-state index contributed by atoms with van der Waals surface area (Å²) in [5.41, 5.74) is 5.87. The highest BCUT2D eigenvalue weighted by atomic mass is 16.3. The molecule has 1 aromatic carbocycles. The Labute approximate surface area is 96.3 Å². The minimum absolute atomic E-state index is 0.135. The lowest BCUT2D eigenvalue weighted by molar-refractivity contribution is 0.475. The molecule has 7 nitrogen and oxygen atoms in total. The zero-order valence-electron chi connectivity index (χ0n) is 8.87. The molecule has 0 saturated heterocycles. The van der Waals surface area contributed by atoms with Crippen molar-refractivity contribution in [1.29, 1.82) is 0 Å². The molecule has 1 heterocycles. The van der Waals surface area contributed by atoms with E-state index in [0.717, 1.165) is 10.2 Å². The highest BCUT2D eigenvalue weighted by molar-refractivity contribution is 5.28. The highest BCUT2D eigenvalue weighted by Crippen LogP contribution is 2.11. The van der Waals surface area contributed by atoms with Crippen LogP contribution in [0.2, 0.25) is 0 Å². The third-order valence-electron chi connectivity index (χ3n) is 2.29. The first kappa shape index (κ1) is 10.9. The molecule has 2 rings (SSSR count). The number of rotatable bonds is 2. The molecule has 0 unspecified atom stereocenters. The van der Waals surface area contributed by atoms with E-state index in [9.17, 15) is 4.79 Å². The molecule has 7 heteroatoms. The van der Waals surface area contributed by atoms with Crippen molar-refractivity contribution in [2.75, 3.05) is 11.6 Å². The van der Waals surface area contributed by atoms with Gasteiger partial charge in [-0.3, -0.25) is 4.79 Å². The van der Waals surface area contributed by atoms with Crippen LogP contribution in [-0.4, -0.2) is 20.0 Å². The number of aromatic hydroxyl groups is 1. The van der Waals surface area contributed by atoms with Gasteiger partial charge in [0.2, 0.25) is 5.95 Å². The summed E-state index contributed by atoms with van der Waals surface area (Å²) < 4.78 is 0.753. The van der Waals surface area contributed by atoms with Crippen LogP contribution >= 0.6 is 0 Å². The van der Waals surface area contributed by atoms with Crippen LogP contribution in [0, 0.1) is 0 Å². The Hall–Kier alpha value is -2.57. The van der Waals surface area contributed by atoms with Gasteiger partial charge in [-0.15, -0.1) is 10.2 Å². The summed E-state index contributed by atoms with van der Waals surface area (Å²) in [5, 5.41) is 16.4. The molecule has 0 aliphatic rings. The second-order valence-electron chi connectivity index (χ2n) is 3.52. The summed E-state index contributed by atoms with van der Waals surface area (Å²) in [6, 6.07) is 6.43. The fraction of sp³-hybridized carbons (Fsp3) is 0.100. The van der Waals surface area contributed by atoms with Gasteiger partial charge < -0.3 is 16.7 Å². The Balaban J connectivity index is 2.34. The number of hydrogen-bond acceptors (Lipinski definition) is 6. The maximum absolute atomic E-state index is 11.7. The first-order valence-corrected chi connectivity index (χ1v) is 4.85. The number of phenols is 1. The van der Waals surface area contributed by atoms with Gasteiger partial charge in [-0.25, -0.2) is 0 Å². The van der Waals surface area contributed by atoms with Gasteiger partial charge in [0.25, 0.3) is 5.56 Å². The SMILES string of the molecule is Nc1nnc(Cc2ccc(O)cc2)c(=O)n1N. The van der Waals surface area contributed by atoms with E-state index >= 15 is 0 Å². The number of nitrogens with two attached hydrogens (primary N) is 2. The van der Waals surface area contributed by atoms with Crippen molar-refractivity contribution in [1.82, 2.24) is 14.9 Å². The topological polar surface area (TPSA) is 120 Å². The van der Waals surface area contributed by atoms with Crippen molar-refractivity contribution in [3.63, 3.8) is 0 Å². The Morgan fingerprint density at radius 3 is 2.53 bits per heavy atom. The van der Waals surface area contributed by atoms with Gasteiger partial charge in [0.05, 0.1) is 0 Å². The predicted octanol–water partition coefficient (Wildman–Crippen LogP) is -0.769. The van der Waals surface area contributed by atoms with Gasteiger partial charge >= 0.3 is 0 Å². The lowest BCUT2D eigenvalue weighted by atomic mass is 10.1. The van der Waals surface area contributed by atoms with Gasteiger partial charge in [0, 0.05) is 6.42 Å². The standard InChI is InChI=1S/C10H11N5O2/c11-10-14-13-8(9(17)15(10)12)5-6-1-3-7(16)4-2-6/h1-4,16H,5,12H2,(H2,11,14). The summed E-state index contributed by atoms with van der Waals surface area (Å²) >= 11 is 0. The minimum Gasteiger partial charge on any atom is -0.508 e. The molecule has 17 heavy (non-hydrogen) atoms. The second kappa shape index (κ2) is 4.12. The maximum atomic E-state index is 11.7. The van der Waals surface area contributed by atoms with Gasteiger partial charge in [0.15, 0.2) is 0 Å². The van der Waals surface area contributed by atoms with E-state index in [1.807, 2.05) is 0 Å². The van der Waals surface area contributed by atoms with Gasteiger partial charge in [0.1, 0.15) is 11.4 Å². The third-order valence-corrected chi connectivity index (χ3v) is 2.29. The summed E-state index contributed by atoms with van der Waals surface area (Å²) in [6.07, 6.45) is 0.281. The van der Waals surface area contributed by atoms with E-state index in [0.29, 0.717) is 0 Å². The van der Waals surface area contributed by atoms with Crippen molar-refractivity contribution in [3.05, 3.63) is 45.9 Å². The molecule has 0 aliphatic heterocycles. The lowest BCUT2D eigenvalue weighted by Crippen LogP contribution is -2.34. The maximum Gasteiger partial charge on any atom is 0.295 e. The van der Waals surface area contributed by atoms with Crippen molar-refractivity contribution in [2.24, 2.45) is 0 Å². The molecule has 0 atom stereocenters. The van der Waals surface area contributed by atoms with Crippen LogP contribution in [-0.2, 0) is 6.42 Å². The van der Waals surface area contributed by atoms with Crippen LogP contribution < -0.4 is 17.1 Å². The number of aromatic nitrogens is 3. The molecular weight excluding hydrogens is 222 g/mol. The fourth-order valence-electron chi connectivity index (χ4n) is 1.36. The third kappa shape index (κ3) is 2.17. The largest absolute Gasteiger partial charge is 0.508 e. The van der Waals surface area contributed by atoms with Crippen molar-refractivity contribution >= 4 is 5.95 Å². The van der Waals surface area contributed by atoms with E-state index in [-0.39, 0.29) is 23.8 Å². The first-order valence-electron chi connectivity index (χ1n) is 4.85. The fourth-order valence-corrected chi connectivity index (χ4v) is 1.36. The normalized spacial score (nSPS) is 10.4. The van der Waals surface area contributed by atoms with Crippen LogP contribution in [0.1, 0.15) is 11.3 Å². The zero-order valence-corrected chi connectivity index (χ0v) is 8.87. The summed E-state index contributed by atoms with van der Waals surface area (Å²) in [4.78, 5) is 11.7. The average molecular weight is 233 g/mol. The molecule has 0 spiro atoms. The Morgan fingerprint density at radius 1 is 1.24 bits per heavy atom. The molecule has 0 bridgehead atoms. The average Bonchev–Trinajstić information content (AvgIpc) is 2.33. The molecule has 2 aromatic rings. The Kier molecular flexibility index (Phi) is 2.65.